The fourth-order valence-corrected chi connectivity index (χ4v) is 10.6. The summed E-state index contributed by atoms with van der Waals surface area (Å²) in [5.41, 5.74) is 15.9. The number of thiophene rings is 1. The first kappa shape index (κ1) is 37.5. The molecule has 0 saturated carbocycles. The van der Waals surface area contributed by atoms with Crippen LogP contribution >= 0.6 is 11.3 Å². The molecule has 0 saturated heterocycles. The number of fused-ring (bicyclic) bond motifs is 3. The van der Waals surface area contributed by atoms with Crippen LogP contribution < -0.4 is 4.90 Å². The van der Waals surface area contributed by atoms with E-state index in [1.807, 2.05) is 11.3 Å². The highest BCUT2D eigenvalue weighted by Crippen LogP contribution is 2.48. The lowest BCUT2D eigenvalue weighted by atomic mass is 9.75. The first-order valence-electron chi connectivity index (χ1n) is 21.4. The molecular weight excluding hydrogens is 767 g/mol. The Labute approximate surface area is 367 Å². The third-order valence-corrected chi connectivity index (χ3v) is 13.6. The average Bonchev–Trinajstić information content (AvgIpc) is 3.74. The first-order valence-corrected chi connectivity index (χ1v) is 22.2. The van der Waals surface area contributed by atoms with Gasteiger partial charge >= 0.3 is 0 Å². The quantitative estimate of drug-likeness (QED) is 0.140. The molecule has 1 aromatic heterocycles. The monoisotopic (exact) mass is 809 g/mol. The van der Waals surface area contributed by atoms with Crippen molar-refractivity contribution in [3.8, 4) is 44.5 Å². The van der Waals surface area contributed by atoms with Gasteiger partial charge in [0.15, 0.2) is 0 Å². The maximum Gasteiger partial charge on any atom is 0.0635 e. The molecular formula is C60H43NS. The van der Waals surface area contributed by atoms with Crippen LogP contribution in [0.4, 0.5) is 11.4 Å². The van der Waals surface area contributed by atoms with Crippen molar-refractivity contribution < 1.29 is 0 Å². The van der Waals surface area contributed by atoms with E-state index < -0.39 is 0 Å². The molecule has 0 N–H and O–H groups in total. The Bertz CT molecular complexity index is 3220. The molecule has 0 bridgehead atoms. The highest BCUT2D eigenvalue weighted by atomic mass is 32.1. The van der Waals surface area contributed by atoms with E-state index in [-0.39, 0.29) is 12.0 Å². The third-order valence-electron chi connectivity index (χ3n) is 12.4. The summed E-state index contributed by atoms with van der Waals surface area (Å²) in [6.45, 7) is 0. The van der Waals surface area contributed by atoms with Crippen molar-refractivity contribution in [3.63, 3.8) is 0 Å². The molecule has 1 aliphatic rings. The van der Waals surface area contributed by atoms with Gasteiger partial charge in [-0.25, -0.2) is 0 Å². The van der Waals surface area contributed by atoms with E-state index in [9.17, 15) is 0 Å². The van der Waals surface area contributed by atoms with Crippen LogP contribution in [-0.4, -0.2) is 6.04 Å². The molecule has 62 heavy (non-hydrogen) atoms. The summed E-state index contributed by atoms with van der Waals surface area (Å²) in [5, 5.41) is 2.62. The zero-order valence-electron chi connectivity index (χ0n) is 34.2. The molecule has 10 aromatic rings. The Morgan fingerprint density at radius 2 is 0.903 bits per heavy atom. The molecule has 0 spiro atoms. The molecule has 9 aromatic carbocycles. The van der Waals surface area contributed by atoms with Crippen LogP contribution in [0.3, 0.4) is 0 Å². The molecule has 1 heterocycles. The van der Waals surface area contributed by atoms with Crippen molar-refractivity contribution in [2.45, 2.75) is 12.0 Å². The maximum atomic E-state index is 2.58. The molecule has 0 amide bonds. The second kappa shape index (κ2) is 16.5. The van der Waals surface area contributed by atoms with Gasteiger partial charge in [-0.3, -0.25) is 0 Å². The van der Waals surface area contributed by atoms with E-state index in [0.717, 1.165) is 11.4 Å². The SMILES string of the molecule is C1=CC(N(c2ccc(-c3ccc(-c4ccccc4)cc3)cc2)c2cccc(-c3cccc4c3sc3ccccc34)c2)C(c2ccccc2-c2ccccc2)C(c2ccccc2)=C1. The van der Waals surface area contributed by atoms with E-state index in [1.54, 1.807) is 0 Å². The Hall–Kier alpha value is -7.52. The Morgan fingerprint density at radius 3 is 1.63 bits per heavy atom. The fourth-order valence-electron chi connectivity index (χ4n) is 9.40. The van der Waals surface area contributed by atoms with Gasteiger partial charge in [0, 0.05) is 37.5 Å². The van der Waals surface area contributed by atoms with Crippen LogP contribution in [0.1, 0.15) is 17.0 Å². The summed E-state index contributed by atoms with van der Waals surface area (Å²) in [7, 11) is 0. The van der Waals surface area contributed by atoms with Gasteiger partial charge < -0.3 is 4.90 Å². The number of hydrogen-bond acceptors (Lipinski definition) is 2. The summed E-state index contributed by atoms with van der Waals surface area (Å²) >= 11 is 1.88. The molecule has 2 atom stereocenters. The topological polar surface area (TPSA) is 3.24 Å². The van der Waals surface area contributed by atoms with Gasteiger partial charge in [-0.05, 0) is 91.5 Å². The second-order valence-electron chi connectivity index (χ2n) is 16.0. The van der Waals surface area contributed by atoms with E-state index in [2.05, 4.69) is 254 Å². The van der Waals surface area contributed by atoms with Gasteiger partial charge in [-0.2, -0.15) is 0 Å². The molecule has 294 valence electrons. The normalized spacial score (nSPS) is 14.8. The summed E-state index contributed by atoms with van der Waals surface area (Å²) in [4.78, 5) is 2.58. The maximum absolute atomic E-state index is 2.58. The van der Waals surface area contributed by atoms with E-state index in [0.29, 0.717) is 0 Å². The largest absolute Gasteiger partial charge is 0.334 e. The Balaban J connectivity index is 1.08. The van der Waals surface area contributed by atoms with Crippen LogP contribution in [0, 0.1) is 0 Å². The van der Waals surface area contributed by atoms with Crippen molar-refractivity contribution in [1.82, 2.24) is 0 Å². The molecule has 11 rings (SSSR count). The van der Waals surface area contributed by atoms with Crippen molar-refractivity contribution in [3.05, 3.63) is 260 Å². The zero-order valence-corrected chi connectivity index (χ0v) is 35.0. The minimum absolute atomic E-state index is 0.00121. The minimum Gasteiger partial charge on any atom is -0.334 e. The highest BCUT2D eigenvalue weighted by Gasteiger charge is 2.35. The average molecular weight is 810 g/mol. The zero-order chi connectivity index (χ0) is 41.2. The van der Waals surface area contributed by atoms with Gasteiger partial charge in [0.25, 0.3) is 0 Å². The minimum atomic E-state index is -0.0635. The molecule has 0 aliphatic heterocycles. The number of rotatable bonds is 9. The Morgan fingerprint density at radius 1 is 0.371 bits per heavy atom. The fraction of sp³-hybridized carbons (Fsp3) is 0.0333. The lowest BCUT2D eigenvalue weighted by Crippen LogP contribution is -2.37. The van der Waals surface area contributed by atoms with Crippen molar-refractivity contribution in [2.24, 2.45) is 0 Å². The standard InChI is InChI=1S/C60H43NS/c1-4-17-42(18-5-1)43-33-35-44(36-34-43)45-37-39-49(40-38-45)61(50-24-14-23-48(41-50)53-29-15-30-56-54-26-12-13-32-58(54)62-60(53)56)57-31-16-28-52(47-21-8-3-9-22-47)59(57)55-27-11-10-25-51(55)46-19-6-2-7-20-46/h1-41,57,59H. The van der Waals surface area contributed by atoms with Crippen LogP contribution in [0.25, 0.3) is 70.3 Å². The summed E-state index contributed by atoms with van der Waals surface area (Å²) < 4.78 is 2.64. The molecule has 1 nitrogen and oxygen atoms in total. The van der Waals surface area contributed by atoms with Crippen LogP contribution in [0.5, 0.6) is 0 Å². The summed E-state index contributed by atoms with van der Waals surface area (Å²) in [6, 6.07) is 84.2. The van der Waals surface area contributed by atoms with Gasteiger partial charge in [0.05, 0.1) is 6.04 Å². The number of allylic oxidation sites excluding steroid dienone is 2. The van der Waals surface area contributed by atoms with Gasteiger partial charge in [-0.15, -0.1) is 11.3 Å². The summed E-state index contributed by atoms with van der Waals surface area (Å²) in [5.74, 6) is -0.00121. The molecule has 0 fully saturated rings. The number of anilines is 2. The van der Waals surface area contributed by atoms with Crippen molar-refractivity contribution in [2.75, 3.05) is 4.90 Å². The molecule has 2 heteroatoms. The predicted molar refractivity (Wildman–Crippen MR) is 266 cm³/mol. The number of benzene rings is 9. The predicted octanol–water partition coefficient (Wildman–Crippen LogP) is 16.7. The van der Waals surface area contributed by atoms with Crippen LogP contribution in [0.2, 0.25) is 0 Å². The van der Waals surface area contributed by atoms with Crippen molar-refractivity contribution >= 4 is 48.5 Å². The second-order valence-corrected chi connectivity index (χ2v) is 17.0. The molecule has 2 unspecified atom stereocenters. The first-order chi connectivity index (χ1) is 30.8. The van der Waals surface area contributed by atoms with Gasteiger partial charge in [0.2, 0.25) is 0 Å². The van der Waals surface area contributed by atoms with Gasteiger partial charge in [-0.1, -0.05) is 218 Å². The van der Waals surface area contributed by atoms with E-state index in [4.69, 9.17) is 0 Å². The van der Waals surface area contributed by atoms with E-state index in [1.165, 1.54) is 81.4 Å². The molecule has 0 radical (unpaired) electrons. The Kier molecular flexibility index (Phi) is 9.97. The van der Waals surface area contributed by atoms with E-state index >= 15 is 0 Å². The lowest BCUT2D eigenvalue weighted by Gasteiger charge is -2.41. The van der Waals surface area contributed by atoms with Crippen molar-refractivity contribution in [1.29, 1.82) is 0 Å². The van der Waals surface area contributed by atoms with Crippen LogP contribution in [0.15, 0.2) is 249 Å². The lowest BCUT2D eigenvalue weighted by molar-refractivity contribution is 0.705. The third kappa shape index (κ3) is 7.05. The highest BCUT2D eigenvalue weighted by molar-refractivity contribution is 7.26. The van der Waals surface area contributed by atoms with Gasteiger partial charge in [0.1, 0.15) is 0 Å². The smallest absolute Gasteiger partial charge is 0.0635 e. The van der Waals surface area contributed by atoms with Crippen LogP contribution in [-0.2, 0) is 0 Å². The number of hydrogen-bond donors (Lipinski definition) is 0. The molecule has 1 aliphatic carbocycles. The number of nitrogens with zero attached hydrogens (tertiary/aromatic N) is 1. The summed E-state index contributed by atoms with van der Waals surface area (Å²) in [6.07, 6.45) is 7.01.